The summed E-state index contributed by atoms with van der Waals surface area (Å²) >= 11 is 0. The van der Waals surface area contributed by atoms with Gasteiger partial charge < -0.3 is 9.88 Å². The third-order valence-electron chi connectivity index (χ3n) is 3.72. The smallest absolute Gasteiger partial charge is 0.122 e. The molecule has 0 amide bonds. The molecule has 0 radical (unpaired) electrons. The van der Waals surface area contributed by atoms with E-state index >= 15 is 0 Å². The van der Waals surface area contributed by atoms with Crippen LogP contribution >= 0.6 is 0 Å². The van der Waals surface area contributed by atoms with E-state index in [4.69, 9.17) is 0 Å². The van der Waals surface area contributed by atoms with Crippen molar-refractivity contribution in [3.05, 3.63) is 18.2 Å². The lowest BCUT2D eigenvalue weighted by Gasteiger charge is -2.30. The maximum absolute atomic E-state index is 4.43. The molecule has 4 nitrogen and oxygen atoms in total. The third kappa shape index (κ3) is 3.82. The molecule has 0 aromatic carbocycles. The lowest BCUT2D eigenvalue weighted by Crippen LogP contribution is -2.43. The Hall–Kier alpha value is -0.870. The highest BCUT2D eigenvalue weighted by molar-refractivity contribution is 4.91. The van der Waals surface area contributed by atoms with E-state index in [1.165, 1.54) is 38.1 Å². The second-order valence-electron chi connectivity index (χ2n) is 5.34. The topological polar surface area (TPSA) is 33.1 Å². The normalized spacial score (nSPS) is 20.5. The van der Waals surface area contributed by atoms with Crippen molar-refractivity contribution in [3.63, 3.8) is 0 Å². The van der Waals surface area contributed by atoms with Gasteiger partial charge in [-0.25, -0.2) is 4.98 Å². The zero-order valence-corrected chi connectivity index (χ0v) is 11.7. The Morgan fingerprint density at radius 1 is 1.50 bits per heavy atom. The molecule has 1 saturated heterocycles. The number of rotatable bonds is 6. The number of nitrogens with zero attached hydrogens (tertiary/aromatic N) is 3. The molecule has 1 fully saturated rings. The minimum absolute atomic E-state index is 0.672. The van der Waals surface area contributed by atoms with Crippen molar-refractivity contribution in [1.29, 1.82) is 0 Å². The number of hydrogen-bond acceptors (Lipinski definition) is 3. The lowest BCUT2D eigenvalue weighted by atomic mass is 10.0. The zero-order chi connectivity index (χ0) is 12.8. The fourth-order valence-electron chi connectivity index (χ4n) is 2.69. The van der Waals surface area contributed by atoms with E-state index in [1.807, 2.05) is 12.4 Å². The van der Waals surface area contributed by atoms with Gasteiger partial charge in [0.05, 0.1) is 6.54 Å². The first kappa shape index (κ1) is 13.6. The van der Waals surface area contributed by atoms with Gasteiger partial charge in [-0.2, -0.15) is 0 Å². The molecule has 0 aliphatic carbocycles. The van der Waals surface area contributed by atoms with E-state index < -0.39 is 0 Å². The summed E-state index contributed by atoms with van der Waals surface area (Å²) in [6, 6.07) is 0.672. The summed E-state index contributed by atoms with van der Waals surface area (Å²) in [6.07, 6.45) is 9.15. The molecule has 0 saturated carbocycles. The van der Waals surface area contributed by atoms with Gasteiger partial charge in [-0.3, -0.25) is 4.90 Å². The van der Waals surface area contributed by atoms with Crippen molar-refractivity contribution in [3.8, 4) is 0 Å². The van der Waals surface area contributed by atoms with Crippen LogP contribution in [-0.2, 0) is 13.6 Å². The highest BCUT2D eigenvalue weighted by Crippen LogP contribution is 2.10. The molecule has 2 rings (SSSR count). The minimum atomic E-state index is 0.672. The molecule has 2 heterocycles. The van der Waals surface area contributed by atoms with Gasteiger partial charge in [-0.15, -0.1) is 0 Å². The van der Waals surface area contributed by atoms with E-state index in [1.54, 1.807) is 0 Å². The Balaban J connectivity index is 1.88. The van der Waals surface area contributed by atoms with Gasteiger partial charge in [0, 0.05) is 32.0 Å². The van der Waals surface area contributed by atoms with Gasteiger partial charge in [0.15, 0.2) is 0 Å². The van der Waals surface area contributed by atoms with Gasteiger partial charge in [-0.1, -0.05) is 13.3 Å². The quantitative estimate of drug-likeness (QED) is 0.835. The van der Waals surface area contributed by atoms with Crippen LogP contribution in [0.25, 0.3) is 0 Å². The van der Waals surface area contributed by atoms with Gasteiger partial charge in [-0.05, 0) is 32.4 Å². The summed E-state index contributed by atoms with van der Waals surface area (Å²) in [4.78, 5) is 6.96. The first-order valence-electron chi connectivity index (χ1n) is 7.21. The monoisotopic (exact) mass is 250 g/mol. The number of imidazole rings is 1. The van der Waals surface area contributed by atoms with Crippen LogP contribution in [0.3, 0.4) is 0 Å². The molecule has 0 spiro atoms. The Kier molecular flexibility index (Phi) is 5.20. The Labute approximate surface area is 110 Å². The first-order chi connectivity index (χ1) is 8.79. The van der Waals surface area contributed by atoms with Crippen molar-refractivity contribution >= 4 is 0 Å². The van der Waals surface area contributed by atoms with Crippen LogP contribution in [0.5, 0.6) is 0 Å². The van der Waals surface area contributed by atoms with Crippen molar-refractivity contribution in [2.24, 2.45) is 7.05 Å². The lowest BCUT2D eigenvalue weighted by molar-refractivity contribution is 0.211. The largest absolute Gasteiger partial charge is 0.337 e. The molecule has 1 aliphatic rings. The summed E-state index contributed by atoms with van der Waals surface area (Å²) < 4.78 is 2.12. The molecule has 1 N–H and O–H groups in total. The number of aromatic nitrogens is 2. The molecule has 4 heteroatoms. The molecule has 1 aliphatic heterocycles. The molecule has 1 unspecified atom stereocenters. The number of nitrogens with one attached hydrogen (secondary N) is 1. The number of hydrogen-bond donors (Lipinski definition) is 1. The van der Waals surface area contributed by atoms with Gasteiger partial charge in [0.1, 0.15) is 5.82 Å². The highest BCUT2D eigenvalue weighted by Gasteiger charge is 2.17. The molecule has 1 aromatic heterocycles. The van der Waals surface area contributed by atoms with Crippen LogP contribution in [0.1, 0.15) is 38.4 Å². The molecule has 102 valence electrons. The molecular weight excluding hydrogens is 224 g/mol. The first-order valence-corrected chi connectivity index (χ1v) is 7.21. The SMILES string of the molecule is CCCN(Cc1nccn1C)CC1CCCCN1. The fourth-order valence-corrected chi connectivity index (χ4v) is 2.69. The van der Waals surface area contributed by atoms with Crippen LogP contribution in [0.15, 0.2) is 12.4 Å². The van der Waals surface area contributed by atoms with Crippen molar-refractivity contribution in [2.45, 2.75) is 45.2 Å². The second kappa shape index (κ2) is 6.90. The average Bonchev–Trinajstić information content (AvgIpc) is 2.77. The van der Waals surface area contributed by atoms with Crippen LogP contribution in [-0.4, -0.2) is 40.1 Å². The summed E-state index contributed by atoms with van der Waals surface area (Å²) in [5, 5.41) is 3.63. The average molecular weight is 250 g/mol. The van der Waals surface area contributed by atoms with E-state index in [2.05, 4.69) is 33.7 Å². The Morgan fingerprint density at radius 2 is 2.39 bits per heavy atom. The van der Waals surface area contributed by atoms with Crippen LogP contribution in [0.2, 0.25) is 0 Å². The summed E-state index contributed by atoms with van der Waals surface area (Å²) in [5.41, 5.74) is 0. The number of aryl methyl sites for hydroxylation is 1. The van der Waals surface area contributed by atoms with Crippen molar-refractivity contribution in [1.82, 2.24) is 19.8 Å². The summed E-state index contributed by atoms with van der Waals surface area (Å²) in [5.74, 6) is 1.17. The molecule has 1 aromatic rings. The molecule has 1 atom stereocenters. The van der Waals surface area contributed by atoms with E-state index in [0.717, 1.165) is 19.6 Å². The number of piperidine rings is 1. The van der Waals surface area contributed by atoms with Gasteiger partial charge in [0.25, 0.3) is 0 Å². The van der Waals surface area contributed by atoms with Crippen LogP contribution in [0.4, 0.5) is 0 Å². The Bertz CT molecular complexity index is 341. The minimum Gasteiger partial charge on any atom is -0.337 e. The zero-order valence-electron chi connectivity index (χ0n) is 11.7. The van der Waals surface area contributed by atoms with Crippen LogP contribution < -0.4 is 5.32 Å². The Morgan fingerprint density at radius 3 is 3.00 bits per heavy atom. The third-order valence-corrected chi connectivity index (χ3v) is 3.72. The van der Waals surface area contributed by atoms with Gasteiger partial charge >= 0.3 is 0 Å². The van der Waals surface area contributed by atoms with E-state index in [9.17, 15) is 0 Å². The second-order valence-corrected chi connectivity index (χ2v) is 5.34. The maximum Gasteiger partial charge on any atom is 0.122 e. The van der Waals surface area contributed by atoms with E-state index in [0.29, 0.717) is 6.04 Å². The van der Waals surface area contributed by atoms with Crippen molar-refractivity contribution in [2.75, 3.05) is 19.6 Å². The maximum atomic E-state index is 4.43. The van der Waals surface area contributed by atoms with Crippen LogP contribution in [0, 0.1) is 0 Å². The molecular formula is C14H26N4. The highest BCUT2D eigenvalue weighted by atomic mass is 15.2. The predicted molar refractivity (Wildman–Crippen MR) is 74.4 cm³/mol. The van der Waals surface area contributed by atoms with Gasteiger partial charge in [0.2, 0.25) is 0 Å². The van der Waals surface area contributed by atoms with E-state index in [-0.39, 0.29) is 0 Å². The summed E-state index contributed by atoms with van der Waals surface area (Å²) in [7, 11) is 2.07. The standard InChI is InChI=1S/C14H26N4/c1-3-9-18(11-13-6-4-5-7-15-13)12-14-16-8-10-17(14)2/h8,10,13,15H,3-7,9,11-12H2,1-2H3. The molecule has 0 bridgehead atoms. The summed E-state index contributed by atoms with van der Waals surface area (Å²) in [6.45, 7) is 6.72. The van der Waals surface area contributed by atoms with Crippen molar-refractivity contribution < 1.29 is 0 Å². The molecule has 18 heavy (non-hydrogen) atoms. The fraction of sp³-hybridized carbons (Fsp3) is 0.786. The predicted octanol–water partition coefficient (Wildman–Crippen LogP) is 1.77.